The number of rotatable bonds is 1. The van der Waals surface area contributed by atoms with Gasteiger partial charge in [-0.3, -0.25) is 0 Å². The van der Waals surface area contributed by atoms with Crippen LogP contribution in [0.1, 0.15) is 38.0 Å². The minimum Gasteiger partial charge on any atom is -0.225 e. The molecule has 0 radical (unpaired) electrons. The Bertz CT molecular complexity index is 581. The molecule has 4 nitrogen and oxygen atoms in total. The monoisotopic (exact) mass is 308 g/mol. The molecule has 5 heteroatoms. The fraction of sp³-hybridized carbons (Fsp3) is 0.462. The fourth-order valence-corrected chi connectivity index (χ4v) is 2.08. The molecule has 18 heavy (non-hydrogen) atoms. The Morgan fingerprint density at radius 3 is 2.28 bits per heavy atom. The van der Waals surface area contributed by atoms with Crippen molar-refractivity contribution < 1.29 is 0 Å². The molecule has 0 aromatic carbocycles. The molecule has 0 aliphatic rings. The molecular formula is C13H17BrN4. The van der Waals surface area contributed by atoms with E-state index in [1.807, 2.05) is 30.7 Å². The van der Waals surface area contributed by atoms with Gasteiger partial charge in [0.1, 0.15) is 10.4 Å². The van der Waals surface area contributed by atoms with E-state index in [2.05, 4.69) is 51.8 Å². The lowest BCUT2D eigenvalue weighted by Crippen LogP contribution is -2.18. The van der Waals surface area contributed by atoms with Crippen molar-refractivity contribution in [2.45, 2.75) is 40.0 Å². The first-order chi connectivity index (χ1) is 8.27. The van der Waals surface area contributed by atoms with E-state index in [0.29, 0.717) is 0 Å². The van der Waals surface area contributed by atoms with E-state index in [9.17, 15) is 0 Å². The molecular weight excluding hydrogens is 292 g/mol. The molecule has 96 valence electrons. The Labute approximate surface area is 116 Å². The lowest BCUT2D eigenvalue weighted by molar-refractivity contribution is 0.539. The van der Waals surface area contributed by atoms with Gasteiger partial charge in [-0.25, -0.2) is 14.6 Å². The van der Waals surface area contributed by atoms with Crippen molar-refractivity contribution in [1.82, 2.24) is 19.7 Å². The van der Waals surface area contributed by atoms with Gasteiger partial charge in [-0.1, -0.05) is 20.8 Å². The van der Waals surface area contributed by atoms with Gasteiger partial charge in [0.05, 0.1) is 5.69 Å². The van der Waals surface area contributed by atoms with E-state index < -0.39 is 0 Å². The van der Waals surface area contributed by atoms with E-state index >= 15 is 0 Å². The number of hydrogen-bond donors (Lipinski definition) is 0. The normalized spacial score (nSPS) is 11.9. The van der Waals surface area contributed by atoms with Crippen molar-refractivity contribution in [3.05, 3.63) is 33.9 Å². The summed E-state index contributed by atoms with van der Waals surface area (Å²) in [6.07, 6.45) is 0. The van der Waals surface area contributed by atoms with Crippen LogP contribution < -0.4 is 0 Å². The molecule has 0 aliphatic carbocycles. The van der Waals surface area contributed by atoms with Crippen LogP contribution in [0.2, 0.25) is 0 Å². The molecule has 0 spiro atoms. The van der Waals surface area contributed by atoms with Gasteiger partial charge in [0.25, 0.3) is 0 Å². The highest BCUT2D eigenvalue weighted by molar-refractivity contribution is 9.10. The SMILES string of the molecule is Cc1cc(C)n(-c2cc(Br)nc(C(C)(C)C)n2)n1. The fourth-order valence-electron chi connectivity index (χ4n) is 1.71. The zero-order chi connectivity index (χ0) is 13.5. The first kappa shape index (κ1) is 13.2. The zero-order valence-electron chi connectivity index (χ0n) is 11.3. The molecule has 2 heterocycles. The Hall–Kier alpha value is -1.23. The van der Waals surface area contributed by atoms with Crippen molar-refractivity contribution in [1.29, 1.82) is 0 Å². The molecule has 0 saturated carbocycles. The summed E-state index contributed by atoms with van der Waals surface area (Å²) < 4.78 is 2.63. The van der Waals surface area contributed by atoms with Gasteiger partial charge in [0.15, 0.2) is 5.82 Å². The minimum absolute atomic E-state index is 0.0887. The molecule has 0 saturated heterocycles. The van der Waals surface area contributed by atoms with Crippen molar-refractivity contribution in [3.8, 4) is 5.82 Å². The minimum atomic E-state index is -0.0887. The Morgan fingerprint density at radius 1 is 1.11 bits per heavy atom. The smallest absolute Gasteiger partial charge is 0.158 e. The van der Waals surface area contributed by atoms with Crippen LogP contribution in [0.25, 0.3) is 5.82 Å². The van der Waals surface area contributed by atoms with Gasteiger partial charge in [-0.05, 0) is 35.8 Å². The van der Waals surface area contributed by atoms with Gasteiger partial charge in [-0.15, -0.1) is 0 Å². The number of halogens is 1. The number of aryl methyl sites for hydroxylation is 2. The second-order valence-corrected chi connectivity index (χ2v) is 6.27. The maximum atomic E-state index is 4.61. The summed E-state index contributed by atoms with van der Waals surface area (Å²) in [5.41, 5.74) is 1.96. The quantitative estimate of drug-likeness (QED) is 0.759. The number of aromatic nitrogens is 4. The summed E-state index contributed by atoms with van der Waals surface area (Å²) in [7, 11) is 0. The number of hydrogen-bond acceptors (Lipinski definition) is 3. The van der Waals surface area contributed by atoms with Crippen LogP contribution in [0.3, 0.4) is 0 Å². The van der Waals surface area contributed by atoms with Crippen LogP contribution in [0, 0.1) is 13.8 Å². The molecule has 0 aliphatic heterocycles. The van der Waals surface area contributed by atoms with E-state index in [4.69, 9.17) is 0 Å². The van der Waals surface area contributed by atoms with E-state index in [-0.39, 0.29) is 5.41 Å². The maximum absolute atomic E-state index is 4.61. The molecule has 2 aromatic heterocycles. The molecule has 0 unspecified atom stereocenters. The Kier molecular flexibility index (Phi) is 3.27. The highest BCUT2D eigenvalue weighted by atomic mass is 79.9. The highest BCUT2D eigenvalue weighted by Crippen LogP contribution is 2.22. The van der Waals surface area contributed by atoms with Crippen molar-refractivity contribution in [2.24, 2.45) is 0 Å². The Balaban J connectivity index is 2.59. The van der Waals surface area contributed by atoms with Gasteiger partial charge >= 0.3 is 0 Å². The van der Waals surface area contributed by atoms with Crippen molar-refractivity contribution >= 4 is 15.9 Å². The molecule has 2 rings (SSSR count). The highest BCUT2D eigenvalue weighted by Gasteiger charge is 2.19. The van der Waals surface area contributed by atoms with Crippen LogP contribution in [-0.4, -0.2) is 19.7 Å². The summed E-state index contributed by atoms with van der Waals surface area (Å²) in [4.78, 5) is 9.04. The van der Waals surface area contributed by atoms with Gasteiger partial charge in [0.2, 0.25) is 0 Å². The molecule has 2 aromatic rings. The average molecular weight is 309 g/mol. The predicted molar refractivity (Wildman–Crippen MR) is 75.0 cm³/mol. The molecule has 0 atom stereocenters. The standard InChI is InChI=1S/C13H17BrN4/c1-8-6-9(2)18(17-8)11-7-10(14)15-12(16-11)13(3,4)5/h6-7H,1-5H3. The second kappa shape index (κ2) is 4.46. The first-order valence-electron chi connectivity index (χ1n) is 5.86. The Morgan fingerprint density at radius 2 is 1.78 bits per heavy atom. The summed E-state index contributed by atoms with van der Waals surface area (Å²) in [6, 6.07) is 3.92. The van der Waals surface area contributed by atoms with E-state index in [1.54, 1.807) is 0 Å². The predicted octanol–water partition coefficient (Wildman–Crippen LogP) is 3.34. The lowest BCUT2D eigenvalue weighted by atomic mass is 9.96. The van der Waals surface area contributed by atoms with Crippen LogP contribution >= 0.6 is 15.9 Å². The third-order valence-corrected chi connectivity index (χ3v) is 2.99. The summed E-state index contributed by atoms with van der Waals surface area (Å²) in [6.45, 7) is 10.3. The zero-order valence-corrected chi connectivity index (χ0v) is 12.9. The first-order valence-corrected chi connectivity index (χ1v) is 6.65. The van der Waals surface area contributed by atoms with E-state index in [1.165, 1.54) is 0 Å². The van der Waals surface area contributed by atoms with Crippen LogP contribution in [0.5, 0.6) is 0 Å². The lowest BCUT2D eigenvalue weighted by Gasteiger charge is -2.17. The number of nitrogens with zero attached hydrogens (tertiary/aromatic N) is 4. The summed E-state index contributed by atoms with van der Waals surface area (Å²) in [5, 5.41) is 4.45. The van der Waals surface area contributed by atoms with Crippen molar-refractivity contribution in [3.63, 3.8) is 0 Å². The second-order valence-electron chi connectivity index (χ2n) is 5.46. The maximum Gasteiger partial charge on any atom is 0.158 e. The molecule has 0 fully saturated rings. The molecule has 0 bridgehead atoms. The van der Waals surface area contributed by atoms with Crippen LogP contribution in [-0.2, 0) is 5.41 Å². The third kappa shape index (κ3) is 2.61. The summed E-state index contributed by atoms with van der Waals surface area (Å²) in [5.74, 6) is 1.60. The largest absolute Gasteiger partial charge is 0.225 e. The third-order valence-electron chi connectivity index (χ3n) is 2.58. The van der Waals surface area contributed by atoms with Gasteiger partial charge in [-0.2, -0.15) is 5.10 Å². The molecule has 0 amide bonds. The average Bonchev–Trinajstić information content (AvgIpc) is 2.55. The van der Waals surface area contributed by atoms with E-state index in [0.717, 1.165) is 27.6 Å². The van der Waals surface area contributed by atoms with Crippen LogP contribution in [0.15, 0.2) is 16.7 Å². The van der Waals surface area contributed by atoms with Gasteiger partial charge < -0.3 is 0 Å². The molecule has 0 N–H and O–H groups in total. The van der Waals surface area contributed by atoms with Crippen LogP contribution in [0.4, 0.5) is 0 Å². The summed E-state index contributed by atoms with van der Waals surface area (Å²) >= 11 is 3.44. The van der Waals surface area contributed by atoms with Gasteiger partial charge in [0, 0.05) is 17.2 Å². The van der Waals surface area contributed by atoms with Crippen molar-refractivity contribution in [2.75, 3.05) is 0 Å². The topological polar surface area (TPSA) is 43.6 Å².